The largest absolute Gasteiger partial charge is 0.379 e. The minimum Gasteiger partial charge on any atom is -0.379 e. The van der Waals surface area contributed by atoms with E-state index in [1.807, 2.05) is 6.92 Å². The van der Waals surface area contributed by atoms with Crippen LogP contribution in [0.1, 0.15) is 43.7 Å². The van der Waals surface area contributed by atoms with Gasteiger partial charge in [-0.2, -0.15) is 9.29 Å². The quantitative estimate of drug-likeness (QED) is 0.610. The van der Waals surface area contributed by atoms with Crippen molar-refractivity contribution in [3.05, 3.63) is 30.0 Å². The van der Waals surface area contributed by atoms with Gasteiger partial charge in [0, 0.05) is 25.7 Å². The van der Waals surface area contributed by atoms with Gasteiger partial charge in [0.05, 0.1) is 23.5 Å². The van der Waals surface area contributed by atoms with Gasteiger partial charge in [0.1, 0.15) is 4.90 Å². The lowest BCUT2D eigenvalue weighted by atomic mass is 10.2. The van der Waals surface area contributed by atoms with E-state index >= 15 is 0 Å². The van der Waals surface area contributed by atoms with Crippen LogP contribution in [0.15, 0.2) is 32.8 Å². The molecule has 0 bridgehead atoms. The average molecular weight is 413 g/mol. The average Bonchev–Trinajstić information content (AvgIpc) is 3.16. The van der Waals surface area contributed by atoms with Crippen LogP contribution in [0.2, 0.25) is 0 Å². The molecule has 2 aromatic heterocycles. The third-order valence-electron chi connectivity index (χ3n) is 4.20. The van der Waals surface area contributed by atoms with E-state index in [0.717, 1.165) is 25.1 Å². The molecule has 0 aliphatic carbocycles. The lowest BCUT2D eigenvalue weighted by Crippen LogP contribution is -2.40. The first-order valence-electron chi connectivity index (χ1n) is 9.04. The third kappa shape index (κ3) is 5.07. The molecular formula is C17H24N4O4S2. The molecular weight excluding hydrogens is 388 g/mol. The molecule has 0 N–H and O–H groups in total. The van der Waals surface area contributed by atoms with E-state index in [9.17, 15) is 8.42 Å². The Morgan fingerprint density at radius 1 is 1.30 bits per heavy atom. The molecule has 0 radical (unpaired) electrons. The first-order chi connectivity index (χ1) is 13.0. The van der Waals surface area contributed by atoms with Crippen LogP contribution in [0, 0.1) is 0 Å². The molecule has 1 saturated heterocycles. The summed E-state index contributed by atoms with van der Waals surface area (Å²) >= 11 is 1.45. The summed E-state index contributed by atoms with van der Waals surface area (Å²) in [7, 11) is -3.52. The van der Waals surface area contributed by atoms with E-state index in [1.165, 1.54) is 22.3 Å². The topological polar surface area (TPSA) is 98.4 Å². The van der Waals surface area contributed by atoms with Crippen molar-refractivity contribution in [1.29, 1.82) is 0 Å². The lowest BCUT2D eigenvalue weighted by molar-refractivity contribution is 0.0730. The lowest BCUT2D eigenvalue weighted by Gasteiger charge is -2.25. The minimum absolute atomic E-state index is 0.0675. The summed E-state index contributed by atoms with van der Waals surface area (Å²) in [6.07, 6.45) is 4.32. The van der Waals surface area contributed by atoms with E-state index in [4.69, 9.17) is 9.26 Å². The van der Waals surface area contributed by atoms with Crippen molar-refractivity contribution in [2.45, 2.75) is 48.3 Å². The van der Waals surface area contributed by atoms with Crippen molar-refractivity contribution < 1.29 is 17.7 Å². The molecule has 3 heterocycles. The molecule has 10 heteroatoms. The fourth-order valence-corrected chi connectivity index (χ4v) is 4.80. The standard InChI is InChI=1S/C17H24N4O4S2/c1-3-4-5-15-19-17(25-20-15)13(2)26-16-7-6-14(12-18-16)27(22,23)21-8-10-24-11-9-21/h6-7,12-13H,3-5,8-11H2,1-2H3/t13-/m0/s1. The molecule has 3 rings (SSSR count). The summed E-state index contributed by atoms with van der Waals surface area (Å²) in [5.41, 5.74) is 0. The fraction of sp³-hybridized carbons (Fsp3) is 0.588. The van der Waals surface area contributed by atoms with Crippen molar-refractivity contribution >= 4 is 21.8 Å². The maximum atomic E-state index is 12.6. The predicted octanol–water partition coefficient (Wildman–Crippen LogP) is 2.68. The van der Waals surface area contributed by atoms with Crippen LogP contribution in [-0.4, -0.2) is 54.2 Å². The van der Waals surface area contributed by atoms with Crippen LogP contribution in [0.5, 0.6) is 0 Å². The highest BCUT2D eigenvalue weighted by atomic mass is 32.2. The Bertz CT molecular complexity index is 833. The zero-order valence-electron chi connectivity index (χ0n) is 15.5. The first-order valence-corrected chi connectivity index (χ1v) is 11.4. The van der Waals surface area contributed by atoms with Gasteiger partial charge in [-0.05, 0) is 25.5 Å². The maximum absolute atomic E-state index is 12.6. The van der Waals surface area contributed by atoms with Crippen LogP contribution in [0.25, 0.3) is 0 Å². The van der Waals surface area contributed by atoms with E-state index in [1.54, 1.807) is 12.1 Å². The van der Waals surface area contributed by atoms with Crippen molar-refractivity contribution in [3.8, 4) is 0 Å². The number of hydrogen-bond donors (Lipinski definition) is 0. The molecule has 148 valence electrons. The maximum Gasteiger partial charge on any atom is 0.244 e. The number of nitrogens with zero attached hydrogens (tertiary/aromatic N) is 4. The number of ether oxygens (including phenoxy) is 1. The third-order valence-corrected chi connectivity index (χ3v) is 7.12. The second-order valence-corrected chi connectivity index (χ2v) is 9.56. The molecule has 1 atom stereocenters. The molecule has 1 aliphatic heterocycles. The summed E-state index contributed by atoms with van der Waals surface area (Å²) in [6.45, 7) is 5.65. The van der Waals surface area contributed by atoms with Crippen molar-refractivity contribution in [2.75, 3.05) is 26.3 Å². The SMILES string of the molecule is CCCCc1noc([C@H](C)Sc2ccc(S(=O)(=O)N3CCOCC3)cn2)n1. The molecule has 27 heavy (non-hydrogen) atoms. The van der Waals surface area contributed by atoms with E-state index in [2.05, 4.69) is 22.0 Å². The molecule has 0 aromatic carbocycles. The second kappa shape index (κ2) is 9.13. The molecule has 1 aliphatic rings. The van der Waals surface area contributed by atoms with Crippen molar-refractivity contribution in [1.82, 2.24) is 19.4 Å². The fourth-order valence-electron chi connectivity index (χ4n) is 2.63. The van der Waals surface area contributed by atoms with Gasteiger partial charge in [0.2, 0.25) is 15.9 Å². The van der Waals surface area contributed by atoms with Crippen LogP contribution < -0.4 is 0 Å². The summed E-state index contributed by atoms with van der Waals surface area (Å²) in [4.78, 5) is 8.91. The zero-order chi connectivity index (χ0) is 19.3. The van der Waals surface area contributed by atoms with Crippen LogP contribution in [0.3, 0.4) is 0 Å². The van der Waals surface area contributed by atoms with Crippen LogP contribution in [-0.2, 0) is 21.2 Å². The zero-order valence-corrected chi connectivity index (χ0v) is 17.1. The van der Waals surface area contributed by atoms with E-state index in [-0.39, 0.29) is 10.1 Å². The Labute approximate surface area is 163 Å². The molecule has 2 aromatic rings. The normalized spacial score (nSPS) is 17.1. The number of rotatable bonds is 8. The number of unbranched alkanes of at least 4 members (excludes halogenated alkanes) is 1. The summed E-state index contributed by atoms with van der Waals surface area (Å²) in [5, 5.41) is 4.64. The molecule has 1 fully saturated rings. The molecule has 0 saturated carbocycles. The number of morpholine rings is 1. The van der Waals surface area contributed by atoms with Gasteiger partial charge < -0.3 is 9.26 Å². The highest BCUT2D eigenvalue weighted by Crippen LogP contribution is 2.33. The van der Waals surface area contributed by atoms with Gasteiger partial charge in [-0.1, -0.05) is 30.3 Å². The Kier molecular flexibility index (Phi) is 6.85. The molecule has 0 amide bonds. The Morgan fingerprint density at radius 3 is 2.74 bits per heavy atom. The highest BCUT2D eigenvalue weighted by molar-refractivity contribution is 7.99. The Morgan fingerprint density at radius 2 is 2.07 bits per heavy atom. The van der Waals surface area contributed by atoms with Gasteiger partial charge in [-0.3, -0.25) is 0 Å². The van der Waals surface area contributed by atoms with Crippen LogP contribution >= 0.6 is 11.8 Å². The van der Waals surface area contributed by atoms with Gasteiger partial charge in [0.25, 0.3) is 0 Å². The first kappa shape index (κ1) is 20.2. The number of aromatic nitrogens is 3. The highest BCUT2D eigenvalue weighted by Gasteiger charge is 2.26. The number of aryl methyl sites for hydroxylation is 1. The van der Waals surface area contributed by atoms with Gasteiger partial charge in [-0.15, -0.1) is 0 Å². The van der Waals surface area contributed by atoms with E-state index < -0.39 is 10.0 Å². The second-order valence-electron chi connectivity index (χ2n) is 6.26. The summed E-state index contributed by atoms with van der Waals surface area (Å²) in [5.74, 6) is 1.28. The predicted molar refractivity (Wildman–Crippen MR) is 101 cm³/mol. The molecule has 0 unspecified atom stereocenters. The minimum atomic E-state index is -3.52. The Balaban J connectivity index is 1.64. The Hall–Kier alpha value is -1.49. The van der Waals surface area contributed by atoms with Crippen LogP contribution in [0.4, 0.5) is 0 Å². The molecule has 8 nitrogen and oxygen atoms in total. The van der Waals surface area contributed by atoms with Crippen molar-refractivity contribution in [3.63, 3.8) is 0 Å². The van der Waals surface area contributed by atoms with Gasteiger partial charge in [0.15, 0.2) is 5.82 Å². The number of pyridine rings is 1. The van der Waals surface area contributed by atoms with E-state index in [0.29, 0.717) is 37.2 Å². The number of thioether (sulfide) groups is 1. The smallest absolute Gasteiger partial charge is 0.244 e. The molecule has 0 spiro atoms. The van der Waals surface area contributed by atoms with Crippen molar-refractivity contribution in [2.24, 2.45) is 0 Å². The summed E-state index contributed by atoms with van der Waals surface area (Å²) in [6, 6.07) is 3.30. The van der Waals surface area contributed by atoms with Gasteiger partial charge in [-0.25, -0.2) is 13.4 Å². The number of hydrogen-bond acceptors (Lipinski definition) is 8. The summed E-state index contributed by atoms with van der Waals surface area (Å²) < 4.78 is 37.2. The van der Waals surface area contributed by atoms with Gasteiger partial charge >= 0.3 is 0 Å². The number of sulfonamides is 1. The monoisotopic (exact) mass is 412 g/mol.